The fourth-order valence-electron chi connectivity index (χ4n) is 4.06. The van der Waals surface area contributed by atoms with E-state index < -0.39 is 0 Å². The van der Waals surface area contributed by atoms with Crippen LogP contribution in [-0.2, 0) is 6.42 Å². The molecule has 2 aromatic carbocycles. The second-order valence-electron chi connectivity index (χ2n) is 7.22. The van der Waals surface area contributed by atoms with Crippen LogP contribution in [0, 0.1) is 12.3 Å². The summed E-state index contributed by atoms with van der Waals surface area (Å²) < 4.78 is 5.47. The van der Waals surface area contributed by atoms with Gasteiger partial charge in [-0.15, -0.1) is 43.0 Å². The third-order valence-corrected chi connectivity index (χ3v) is 7.56. The first kappa shape index (κ1) is 25.3. The van der Waals surface area contributed by atoms with E-state index in [0.29, 0.717) is 6.04 Å². The summed E-state index contributed by atoms with van der Waals surface area (Å²) in [6.45, 7) is 4.96. The molecule has 0 bridgehead atoms. The number of hydrogen-bond acceptors (Lipinski definition) is 5. The molecule has 0 aliphatic carbocycles. The van der Waals surface area contributed by atoms with E-state index in [1.807, 2.05) is 23.5 Å². The Bertz CT molecular complexity index is 895. The molecule has 1 atom stereocenters. The molecule has 0 spiro atoms. The Labute approximate surface area is 201 Å². The minimum Gasteiger partial charge on any atom is -0.497 e. The van der Waals surface area contributed by atoms with E-state index in [1.54, 1.807) is 7.11 Å². The predicted octanol–water partition coefficient (Wildman–Crippen LogP) is 5.26. The third kappa shape index (κ3) is 5.43. The van der Waals surface area contributed by atoms with E-state index in [0.717, 1.165) is 44.9 Å². The third-order valence-electron chi connectivity index (χ3n) is 5.65. The SMILES string of the molecule is C#CCN1CCN(C2Cc3ccc(OC)cc3Sc3ccc(SC)cc32)CC1.Cl.Cl. The van der Waals surface area contributed by atoms with Crippen molar-refractivity contribution >= 4 is 48.3 Å². The summed E-state index contributed by atoms with van der Waals surface area (Å²) in [4.78, 5) is 9.03. The first-order chi connectivity index (χ1) is 13.7. The highest BCUT2D eigenvalue weighted by molar-refractivity contribution is 7.99. The summed E-state index contributed by atoms with van der Waals surface area (Å²) in [6.07, 6.45) is 8.69. The molecule has 162 valence electrons. The number of halogens is 2. The Morgan fingerprint density at radius 3 is 2.53 bits per heavy atom. The van der Waals surface area contributed by atoms with Gasteiger partial charge >= 0.3 is 0 Å². The van der Waals surface area contributed by atoms with Crippen LogP contribution >= 0.6 is 48.3 Å². The Kier molecular flexibility index (Phi) is 9.74. The molecule has 2 aromatic rings. The number of thioether (sulfide) groups is 1. The Morgan fingerprint density at radius 1 is 1.10 bits per heavy atom. The van der Waals surface area contributed by atoms with Crippen LogP contribution in [-0.4, -0.2) is 55.9 Å². The minimum absolute atomic E-state index is 0. The summed E-state index contributed by atoms with van der Waals surface area (Å²) in [5.74, 6) is 3.71. The number of ether oxygens (including phenoxy) is 1. The average molecular weight is 484 g/mol. The Balaban J connectivity index is 0.00000160. The maximum absolute atomic E-state index is 5.51. The van der Waals surface area contributed by atoms with Crippen LogP contribution in [0.3, 0.4) is 0 Å². The summed E-state index contributed by atoms with van der Waals surface area (Å²) in [5.41, 5.74) is 2.86. The van der Waals surface area contributed by atoms with Crippen LogP contribution in [0.15, 0.2) is 51.1 Å². The zero-order valence-corrected chi connectivity index (χ0v) is 20.6. The van der Waals surface area contributed by atoms with Gasteiger partial charge in [0.1, 0.15) is 5.75 Å². The molecule has 1 fully saturated rings. The molecular formula is C23H28Cl2N2OS2. The summed E-state index contributed by atoms with van der Waals surface area (Å²) >= 11 is 3.69. The molecule has 2 aliphatic rings. The van der Waals surface area contributed by atoms with Crippen LogP contribution in [0.5, 0.6) is 5.75 Å². The maximum atomic E-state index is 5.51. The lowest BCUT2D eigenvalue weighted by molar-refractivity contribution is 0.102. The number of fused-ring (bicyclic) bond motifs is 2. The lowest BCUT2D eigenvalue weighted by Crippen LogP contribution is -2.48. The van der Waals surface area contributed by atoms with Gasteiger partial charge in [-0.05, 0) is 54.1 Å². The van der Waals surface area contributed by atoms with Gasteiger partial charge in [-0.25, -0.2) is 0 Å². The summed E-state index contributed by atoms with van der Waals surface area (Å²) in [7, 11) is 1.74. The molecule has 2 aliphatic heterocycles. The normalized spacial score (nSPS) is 18.6. The van der Waals surface area contributed by atoms with E-state index in [-0.39, 0.29) is 24.8 Å². The maximum Gasteiger partial charge on any atom is 0.120 e. The first-order valence-electron chi connectivity index (χ1n) is 9.64. The van der Waals surface area contributed by atoms with E-state index in [2.05, 4.69) is 58.4 Å². The lowest BCUT2D eigenvalue weighted by atomic mass is 9.96. The topological polar surface area (TPSA) is 15.7 Å². The van der Waals surface area contributed by atoms with Crippen molar-refractivity contribution in [1.29, 1.82) is 0 Å². The number of piperazine rings is 1. The molecule has 3 nitrogen and oxygen atoms in total. The molecule has 30 heavy (non-hydrogen) atoms. The highest BCUT2D eigenvalue weighted by Crippen LogP contribution is 2.45. The minimum atomic E-state index is 0. The molecular weight excluding hydrogens is 455 g/mol. The molecule has 0 amide bonds. The highest BCUT2D eigenvalue weighted by Gasteiger charge is 2.30. The number of benzene rings is 2. The lowest BCUT2D eigenvalue weighted by Gasteiger charge is -2.39. The van der Waals surface area contributed by atoms with Crippen molar-refractivity contribution in [3.8, 4) is 18.1 Å². The van der Waals surface area contributed by atoms with Crippen molar-refractivity contribution in [2.24, 2.45) is 0 Å². The molecule has 1 saturated heterocycles. The largest absolute Gasteiger partial charge is 0.497 e. The van der Waals surface area contributed by atoms with Crippen molar-refractivity contribution in [3.63, 3.8) is 0 Å². The van der Waals surface area contributed by atoms with Crippen LogP contribution in [0.1, 0.15) is 17.2 Å². The molecule has 7 heteroatoms. The van der Waals surface area contributed by atoms with Crippen LogP contribution in [0.2, 0.25) is 0 Å². The van der Waals surface area contributed by atoms with E-state index in [9.17, 15) is 0 Å². The number of rotatable bonds is 4. The van der Waals surface area contributed by atoms with E-state index in [4.69, 9.17) is 11.2 Å². The van der Waals surface area contributed by atoms with E-state index >= 15 is 0 Å². The van der Waals surface area contributed by atoms with Gasteiger partial charge in [-0.1, -0.05) is 23.7 Å². The van der Waals surface area contributed by atoms with Gasteiger partial charge in [0.2, 0.25) is 0 Å². The van der Waals surface area contributed by atoms with Crippen molar-refractivity contribution in [2.45, 2.75) is 27.1 Å². The average Bonchev–Trinajstić information content (AvgIpc) is 2.90. The van der Waals surface area contributed by atoms with Gasteiger partial charge in [-0.2, -0.15) is 0 Å². The van der Waals surface area contributed by atoms with Gasteiger partial charge in [0.25, 0.3) is 0 Å². The van der Waals surface area contributed by atoms with Gasteiger partial charge in [0, 0.05) is 46.9 Å². The summed E-state index contributed by atoms with van der Waals surface area (Å²) in [5, 5.41) is 0. The van der Waals surface area contributed by atoms with Crippen LogP contribution in [0.25, 0.3) is 0 Å². The van der Waals surface area contributed by atoms with Gasteiger partial charge in [0.05, 0.1) is 13.7 Å². The summed E-state index contributed by atoms with van der Waals surface area (Å²) in [6, 6.07) is 13.8. The zero-order valence-electron chi connectivity index (χ0n) is 17.3. The number of hydrogen-bond donors (Lipinski definition) is 0. The number of terminal acetylenes is 1. The molecule has 0 radical (unpaired) electrons. The van der Waals surface area contributed by atoms with Crippen molar-refractivity contribution in [2.75, 3.05) is 46.1 Å². The molecule has 1 unspecified atom stereocenters. The van der Waals surface area contributed by atoms with Gasteiger partial charge in [0.15, 0.2) is 0 Å². The zero-order chi connectivity index (χ0) is 19.5. The number of nitrogens with zero attached hydrogens (tertiary/aromatic N) is 2. The quantitative estimate of drug-likeness (QED) is 0.434. The fraction of sp³-hybridized carbons (Fsp3) is 0.391. The van der Waals surface area contributed by atoms with Gasteiger partial charge < -0.3 is 4.74 Å². The van der Waals surface area contributed by atoms with E-state index in [1.165, 1.54) is 25.8 Å². The molecule has 4 rings (SSSR count). The van der Waals surface area contributed by atoms with Crippen molar-refractivity contribution < 1.29 is 4.74 Å². The molecule has 2 heterocycles. The molecule has 0 N–H and O–H groups in total. The highest BCUT2D eigenvalue weighted by atomic mass is 35.5. The van der Waals surface area contributed by atoms with Gasteiger partial charge in [-0.3, -0.25) is 9.80 Å². The Hall–Kier alpha value is -1.000. The fourth-order valence-corrected chi connectivity index (χ4v) is 5.65. The second-order valence-corrected chi connectivity index (χ2v) is 9.18. The van der Waals surface area contributed by atoms with Crippen LogP contribution < -0.4 is 4.74 Å². The van der Waals surface area contributed by atoms with Crippen molar-refractivity contribution in [1.82, 2.24) is 9.80 Å². The predicted molar refractivity (Wildman–Crippen MR) is 133 cm³/mol. The smallest absolute Gasteiger partial charge is 0.120 e. The second kappa shape index (κ2) is 11.6. The standard InChI is InChI=1S/C23H26N2OS2.2ClH/c1-4-9-24-10-12-25(13-11-24)21-14-17-5-6-18(26-2)15-23(17)28-22-8-7-19(27-3)16-20(21)22;;/h1,5-8,15-16,21H,9-14H2,2-3H3;2*1H. The van der Waals surface area contributed by atoms with Crippen LogP contribution in [0.4, 0.5) is 0 Å². The Morgan fingerprint density at radius 2 is 1.87 bits per heavy atom. The molecule has 0 aromatic heterocycles. The van der Waals surface area contributed by atoms with Crippen molar-refractivity contribution in [3.05, 3.63) is 47.5 Å². The first-order valence-corrected chi connectivity index (χ1v) is 11.7. The monoisotopic (exact) mass is 482 g/mol. The number of methoxy groups -OCH3 is 1. The molecule has 0 saturated carbocycles.